The molecule has 0 unspecified atom stereocenters. The van der Waals surface area contributed by atoms with Crippen LogP contribution in [0.4, 0.5) is 0 Å². The maximum atomic E-state index is 11.9. The first-order chi connectivity index (χ1) is 47.1. The number of aromatic nitrogens is 6. The van der Waals surface area contributed by atoms with E-state index >= 15 is 0 Å². The first kappa shape index (κ1) is 90.6. The number of carboxylic acids is 2. The largest absolute Gasteiger partial charge is 1.00 e. The van der Waals surface area contributed by atoms with Crippen molar-refractivity contribution in [1.82, 2.24) is 29.9 Å². The van der Waals surface area contributed by atoms with Gasteiger partial charge in [-0.3, -0.25) is 0 Å². The van der Waals surface area contributed by atoms with Gasteiger partial charge in [-0.2, -0.15) is 0 Å². The summed E-state index contributed by atoms with van der Waals surface area (Å²) in [6.07, 6.45) is 9.65. The topological polar surface area (TPSA) is 316 Å². The third-order valence-electron chi connectivity index (χ3n) is 16.9. The molecule has 0 atom stereocenters. The smallest absolute Gasteiger partial charge is 0.870 e. The molecule has 3 aromatic heterocycles. The molecule has 11 rings (SSSR count). The van der Waals surface area contributed by atoms with Gasteiger partial charge in [-0.05, 0) is 241 Å². The van der Waals surface area contributed by atoms with Gasteiger partial charge < -0.3 is 57.8 Å². The first-order valence-electron chi connectivity index (χ1n) is 31.7. The normalized spacial score (nSPS) is 15.4. The summed E-state index contributed by atoms with van der Waals surface area (Å²) >= 11 is 9.44. The number of carbonyl (C=O) groups is 5. The molecule has 0 amide bonds. The average Bonchev–Trinajstić information content (AvgIpc) is 1.60. The van der Waals surface area contributed by atoms with E-state index in [1.54, 1.807) is 91.8 Å². The van der Waals surface area contributed by atoms with Crippen LogP contribution in [0.2, 0.25) is 5.28 Å². The molecule has 103 heavy (non-hydrogen) atoms. The van der Waals surface area contributed by atoms with Gasteiger partial charge in [-0.1, -0.05) is 76.3 Å². The maximum Gasteiger partial charge on any atom is 1.00 e. The van der Waals surface area contributed by atoms with E-state index in [2.05, 4.69) is 57.2 Å². The van der Waals surface area contributed by atoms with Crippen molar-refractivity contribution in [2.45, 2.75) is 151 Å². The van der Waals surface area contributed by atoms with E-state index in [1.807, 2.05) is 195 Å². The standard InChI is InChI=1S/C15H21BO4.C13H12N2O2.C12H24B2O4.C12H10N2O2.C9H9IO2.C8H7IO2.C4H3ClN2.Na.H2O/c1-10-7-8-12(11(9-10)13(17)18-6)16-19-14(2,3)15(4,5)20-16;1-9-4-5-10(11(8-9)13(16)17-2)12-14-6-3-7-15-12;1-9(2)10(3,4)16-13(15-9)14-17-11(5,6)12(7,8)18-14;1-8-3-4-9(10(7-8)12(15)16)11-13-5-2-6-14-11;1-6-3-4-8(10)7(5-6)9(11)12-2;1-5-2-3-7(9)6(4-5)8(10)11;5-4-6-2-1-3-7-4;;/h7-9H,1-6H3;3-8H,1-2H3;1-8H3;2-7H,1H3,(H,15,16);3-5H,1-2H3;2-4H,1H3,(H,10,11);1-3H;;1H2/q;;;;;;;+1;/p-1. The number of nitrogens with zero attached hydrogens (tertiary/aromatic N) is 6. The van der Waals surface area contributed by atoms with Crippen LogP contribution in [-0.2, 0) is 42.1 Å². The van der Waals surface area contributed by atoms with Crippen molar-refractivity contribution in [2.24, 2.45) is 0 Å². The molecule has 3 saturated heterocycles. The Morgan fingerprint density at radius 3 is 1.01 bits per heavy atom. The summed E-state index contributed by atoms with van der Waals surface area (Å²) < 4.78 is 51.8. The molecule has 0 spiro atoms. The molecule has 23 nitrogen and oxygen atoms in total. The Bertz CT molecular complexity index is 4090. The van der Waals surface area contributed by atoms with Gasteiger partial charge in [0.1, 0.15) is 0 Å². The van der Waals surface area contributed by atoms with Crippen LogP contribution in [0.25, 0.3) is 22.8 Å². The van der Waals surface area contributed by atoms with Gasteiger partial charge in [-0.25, -0.2) is 53.9 Å². The van der Waals surface area contributed by atoms with Crippen LogP contribution in [0.3, 0.4) is 0 Å². The van der Waals surface area contributed by atoms with Crippen molar-refractivity contribution in [3.63, 3.8) is 0 Å². The monoisotopic (exact) mass is 1660 g/mol. The summed E-state index contributed by atoms with van der Waals surface area (Å²) in [6.45, 7) is 33.7. The molecular weight excluding hydrogens is 1580 g/mol. The molecule has 0 saturated carbocycles. The summed E-state index contributed by atoms with van der Waals surface area (Å²) in [5.41, 5.74) is 6.77. The molecule has 30 heteroatoms. The van der Waals surface area contributed by atoms with Gasteiger partial charge >= 0.3 is 80.5 Å². The number of hydrogen-bond donors (Lipinski definition) is 2. The molecule has 0 radical (unpaired) electrons. The van der Waals surface area contributed by atoms with Gasteiger partial charge in [0.25, 0.3) is 0 Å². The van der Waals surface area contributed by atoms with E-state index < -0.39 is 44.3 Å². The summed E-state index contributed by atoms with van der Waals surface area (Å²) in [5, 5.41) is 18.1. The number of benzene rings is 5. The Labute approximate surface area is 658 Å². The third kappa shape index (κ3) is 25.3. The number of ether oxygens (including phenoxy) is 3. The van der Waals surface area contributed by atoms with Gasteiger partial charge in [0, 0.05) is 55.4 Å². The average molecular weight is 1670 g/mol. The molecule has 3 N–H and O–H groups in total. The summed E-state index contributed by atoms with van der Waals surface area (Å²) in [6, 6.07) is 32.5. The van der Waals surface area contributed by atoms with Gasteiger partial charge in [0.15, 0.2) is 11.6 Å². The minimum absolute atomic E-state index is 0. The quantitative estimate of drug-likeness (QED) is 0.0446. The maximum absolute atomic E-state index is 11.9. The fraction of sp³-hybridized carbons (Fsp3) is 0.356. The van der Waals surface area contributed by atoms with Crippen molar-refractivity contribution < 1.29 is 111 Å². The number of aryl methyl sites for hydroxylation is 5. The number of aromatic carboxylic acids is 2. The van der Waals surface area contributed by atoms with Crippen molar-refractivity contribution in [2.75, 3.05) is 21.3 Å². The Morgan fingerprint density at radius 1 is 0.398 bits per heavy atom. The van der Waals surface area contributed by atoms with Crippen LogP contribution in [0, 0.1) is 41.8 Å². The summed E-state index contributed by atoms with van der Waals surface area (Å²) in [4.78, 5) is 80.1. The summed E-state index contributed by atoms with van der Waals surface area (Å²) in [7, 11) is 2.61. The minimum atomic E-state index is -0.967. The first-order valence-corrected chi connectivity index (χ1v) is 34.2. The second-order valence-electron chi connectivity index (χ2n) is 26.2. The Balaban J connectivity index is 0.000000316. The molecule has 5 aromatic carbocycles. The van der Waals surface area contributed by atoms with Crippen molar-refractivity contribution in [3.05, 3.63) is 214 Å². The van der Waals surface area contributed by atoms with Crippen LogP contribution in [-0.4, -0.2) is 152 Å². The number of hydrogen-bond acceptors (Lipinski definition) is 21. The summed E-state index contributed by atoms with van der Waals surface area (Å²) in [5.74, 6) is -1.91. The number of halogens is 3. The Hall–Kier alpha value is -6.65. The Morgan fingerprint density at radius 2 is 0.670 bits per heavy atom. The molecule has 542 valence electrons. The van der Waals surface area contributed by atoms with E-state index in [0.29, 0.717) is 55.8 Å². The van der Waals surface area contributed by atoms with E-state index in [9.17, 15) is 24.0 Å². The van der Waals surface area contributed by atoms with Crippen LogP contribution in [0.5, 0.6) is 0 Å². The molecular formula is C73H87B3ClI2N6NaO17. The predicted molar refractivity (Wildman–Crippen MR) is 408 cm³/mol. The second-order valence-corrected chi connectivity index (χ2v) is 28.9. The predicted octanol–water partition coefficient (Wildman–Crippen LogP) is 11.4. The molecule has 3 aliphatic rings. The third-order valence-corrected chi connectivity index (χ3v) is 19.0. The Kier molecular flexibility index (Phi) is 34.8. The van der Waals surface area contributed by atoms with E-state index in [1.165, 1.54) is 21.3 Å². The molecule has 6 heterocycles. The number of esters is 3. The molecule has 0 bridgehead atoms. The van der Waals surface area contributed by atoms with E-state index in [4.69, 9.17) is 59.2 Å². The number of carbonyl (C=O) groups excluding carboxylic acids is 3. The zero-order chi connectivity index (χ0) is 75.6. The fourth-order valence-corrected chi connectivity index (χ4v) is 10.4. The van der Waals surface area contributed by atoms with Gasteiger partial charge in [0.05, 0.1) is 82.8 Å². The van der Waals surface area contributed by atoms with Crippen LogP contribution < -0.4 is 35.0 Å². The van der Waals surface area contributed by atoms with Gasteiger partial charge in [0.2, 0.25) is 5.28 Å². The fourth-order valence-electron chi connectivity index (χ4n) is 9.16. The van der Waals surface area contributed by atoms with Crippen molar-refractivity contribution in [3.8, 4) is 22.8 Å². The SMILES string of the molecule is CC1(C)OB(B2OC(C)(C)C(C)(C)O2)OC1(C)C.COC(=O)c1cc(C)ccc1-c1ncccn1.COC(=O)c1cc(C)ccc1B1OC(C)(C)C(C)(C)O1.COC(=O)c1cc(C)ccc1I.Cc1ccc(-c2ncccn2)c(C(=O)O)c1.Cc1ccc(I)c(C(=O)O)c1.Clc1ncccn1.[Na+].[OH-]. The molecule has 0 aliphatic carbocycles. The molecule has 8 aromatic rings. The molecule has 3 aliphatic heterocycles. The van der Waals surface area contributed by atoms with Crippen molar-refractivity contribution >= 4 is 113 Å². The number of carboxylic acid groups (broad SMARTS) is 2. The van der Waals surface area contributed by atoms with Crippen LogP contribution in [0.15, 0.2) is 146 Å². The van der Waals surface area contributed by atoms with E-state index in [0.717, 1.165) is 35.0 Å². The van der Waals surface area contributed by atoms with Crippen LogP contribution in [0.1, 0.15) is 163 Å². The molecule has 3 fully saturated rings. The second kappa shape index (κ2) is 39.6. The number of methoxy groups -OCH3 is 3. The van der Waals surface area contributed by atoms with E-state index in [-0.39, 0.29) is 80.9 Å². The zero-order valence-electron chi connectivity index (χ0n) is 62.0. The zero-order valence-corrected chi connectivity index (χ0v) is 69.0. The van der Waals surface area contributed by atoms with Gasteiger partial charge in [-0.15, -0.1) is 0 Å². The number of rotatable bonds is 9. The van der Waals surface area contributed by atoms with Crippen molar-refractivity contribution in [1.29, 1.82) is 0 Å². The van der Waals surface area contributed by atoms with Crippen LogP contribution >= 0.6 is 56.8 Å². The minimum Gasteiger partial charge on any atom is -0.870 e.